The topological polar surface area (TPSA) is 69.4 Å². The van der Waals surface area contributed by atoms with Crippen molar-refractivity contribution in [3.63, 3.8) is 0 Å². The SMILES string of the molecule is CCCCCCCCCCCCCCC(=O)Oc1cc2c(s1)-n1c(C)nnc1CN=C2c1ccccc1Cl. The molecule has 0 N–H and O–H groups in total. The Labute approximate surface area is 235 Å². The summed E-state index contributed by atoms with van der Waals surface area (Å²) in [6, 6.07) is 9.57. The highest BCUT2D eigenvalue weighted by molar-refractivity contribution is 7.16. The number of ether oxygens (including phenoxy) is 1. The van der Waals surface area contributed by atoms with Gasteiger partial charge in [-0.2, -0.15) is 0 Å². The lowest BCUT2D eigenvalue weighted by atomic mass is 10.0. The molecule has 0 unspecified atom stereocenters. The molecule has 1 aromatic carbocycles. The van der Waals surface area contributed by atoms with Gasteiger partial charge in [0.2, 0.25) is 0 Å². The summed E-state index contributed by atoms with van der Waals surface area (Å²) in [4.78, 5) is 17.5. The van der Waals surface area contributed by atoms with E-state index >= 15 is 0 Å². The van der Waals surface area contributed by atoms with Crippen LogP contribution in [0.25, 0.3) is 5.00 Å². The van der Waals surface area contributed by atoms with Crippen molar-refractivity contribution in [2.45, 2.75) is 104 Å². The number of nitrogens with zero attached hydrogens (tertiary/aromatic N) is 4. The van der Waals surface area contributed by atoms with Crippen LogP contribution in [0.1, 0.15) is 113 Å². The lowest BCUT2D eigenvalue weighted by Crippen LogP contribution is -2.07. The van der Waals surface area contributed by atoms with E-state index in [4.69, 9.17) is 21.3 Å². The fourth-order valence-corrected chi connectivity index (χ4v) is 6.23. The highest BCUT2D eigenvalue weighted by Crippen LogP contribution is 2.38. The maximum atomic E-state index is 12.6. The van der Waals surface area contributed by atoms with Gasteiger partial charge in [0.15, 0.2) is 10.9 Å². The molecule has 0 bridgehead atoms. The summed E-state index contributed by atoms with van der Waals surface area (Å²) in [6.07, 6.45) is 15.6. The van der Waals surface area contributed by atoms with Gasteiger partial charge in [-0.1, -0.05) is 119 Å². The van der Waals surface area contributed by atoms with Crippen molar-refractivity contribution in [3.8, 4) is 10.1 Å². The van der Waals surface area contributed by atoms with Crippen molar-refractivity contribution in [2.75, 3.05) is 0 Å². The molecule has 0 amide bonds. The molecule has 0 spiro atoms. The van der Waals surface area contributed by atoms with Crippen LogP contribution in [-0.4, -0.2) is 26.4 Å². The molecule has 204 valence electrons. The zero-order valence-corrected chi connectivity index (χ0v) is 24.3. The van der Waals surface area contributed by atoms with E-state index in [1.807, 2.05) is 41.8 Å². The number of carbonyl (C=O) groups excluding carboxylic acids is 1. The van der Waals surface area contributed by atoms with Crippen LogP contribution >= 0.6 is 22.9 Å². The summed E-state index contributed by atoms with van der Waals surface area (Å²) < 4.78 is 7.79. The van der Waals surface area contributed by atoms with E-state index in [-0.39, 0.29) is 5.97 Å². The molecule has 8 heteroatoms. The number of esters is 1. The summed E-state index contributed by atoms with van der Waals surface area (Å²) in [5, 5.41) is 10.6. The Bertz CT molecular complexity index is 1230. The maximum Gasteiger partial charge on any atom is 0.311 e. The minimum atomic E-state index is -0.189. The van der Waals surface area contributed by atoms with Gasteiger partial charge < -0.3 is 4.74 Å². The number of aromatic nitrogens is 3. The number of benzene rings is 1. The van der Waals surface area contributed by atoms with E-state index in [0.29, 0.717) is 23.1 Å². The minimum absolute atomic E-state index is 0.189. The number of rotatable bonds is 15. The number of unbranched alkanes of at least 4 members (excludes halogenated alkanes) is 11. The predicted molar refractivity (Wildman–Crippen MR) is 156 cm³/mol. The highest BCUT2D eigenvalue weighted by atomic mass is 35.5. The molecular formula is C30H39ClN4O2S. The zero-order valence-electron chi connectivity index (χ0n) is 22.7. The zero-order chi connectivity index (χ0) is 26.7. The van der Waals surface area contributed by atoms with Crippen LogP contribution in [0.4, 0.5) is 0 Å². The number of thiophene rings is 1. The molecule has 6 nitrogen and oxygen atoms in total. The summed E-state index contributed by atoms with van der Waals surface area (Å²) in [5.41, 5.74) is 2.49. The summed E-state index contributed by atoms with van der Waals surface area (Å²) in [6.45, 7) is 4.58. The normalized spacial score (nSPS) is 12.6. The van der Waals surface area contributed by atoms with Crippen molar-refractivity contribution in [1.82, 2.24) is 14.8 Å². The lowest BCUT2D eigenvalue weighted by molar-refractivity contribution is -0.134. The van der Waals surface area contributed by atoms with Gasteiger partial charge >= 0.3 is 5.97 Å². The average molecular weight is 555 g/mol. The van der Waals surface area contributed by atoms with E-state index in [1.165, 1.54) is 75.5 Å². The predicted octanol–water partition coefficient (Wildman–Crippen LogP) is 8.64. The molecule has 2 aromatic heterocycles. The summed E-state index contributed by atoms with van der Waals surface area (Å²) in [7, 11) is 0. The first-order chi connectivity index (χ1) is 18.6. The first-order valence-electron chi connectivity index (χ1n) is 14.1. The Morgan fingerprint density at radius 2 is 1.61 bits per heavy atom. The Morgan fingerprint density at radius 1 is 0.947 bits per heavy atom. The Kier molecular flexibility index (Phi) is 10.9. The van der Waals surface area contributed by atoms with Crippen LogP contribution in [0.15, 0.2) is 35.3 Å². The third-order valence-electron chi connectivity index (χ3n) is 7.00. The number of hydrogen-bond acceptors (Lipinski definition) is 6. The lowest BCUT2D eigenvalue weighted by Gasteiger charge is -2.08. The number of fused-ring (bicyclic) bond motifs is 3. The molecule has 0 aliphatic carbocycles. The third-order valence-corrected chi connectivity index (χ3v) is 8.32. The third kappa shape index (κ3) is 7.54. The number of hydrogen-bond donors (Lipinski definition) is 0. The second kappa shape index (κ2) is 14.6. The highest BCUT2D eigenvalue weighted by Gasteiger charge is 2.26. The van der Waals surface area contributed by atoms with Crippen LogP contribution in [-0.2, 0) is 11.3 Å². The van der Waals surface area contributed by atoms with Gasteiger partial charge in [0.05, 0.1) is 5.71 Å². The maximum absolute atomic E-state index is 12.6. The minimum Gasteiger partial charge on any atom is -0.415 e. The molecule has 0 atom stereocenters. The van der Waals surface area contributed by atoms with Gasteiger partial charge in [-0.3, -0.25) is 14.4 Å². The standard InChI is InChI=1S/C30H39ClN4O2S/c1-3-4-5-6-7-8-9-10-11-12-13-14-19-27(36)37-28-20-24-29(23-17-15-16-18-25(23)31)32-21-26-34-33-22(2)35(26)30(24)38-28/h15-18,20H,3-14,19,21H2,1-2H3. The molecule has 1 aliphatic rings. The molecule has 1 aliphatic heterocycles. The first-order valence-corrected chi connectivity index (χ1v) is 15.3. The van der Waals surface area contributed by atoms with E-state index in [1.54, 1.807) is 0 Å². The Hall–Kier alpha value is -2.51. The van der Waals surface area contributed by atoms with Crippen LogP contribution in [0.5, 0.6) is 5.06 Å². The summed E-state index contributed by atoms with van der Waals surface area (Å²) in [5.74, 6) is 1.33. The molecule has 38 heavy (non-hydrogen) atoms. The summed E-state index contributed by atoms with van der Waals surface area (Å²) >= 11 is 7.95. The second-order valence-corrected chi connectivity index (χ2v) is 11.4. The Morgan fingerprint density at radius 3 is 2.29 bits per heavy atom. The van der Waals surface area contributed by atoms with E-state index in [9.17, 15) is 4.79 Å². The van der Waals surface area contributed by atoms with E-state index in [0.717, 1.165) is 46.3 Å². The molecule has 0 radical (unpaired) electrons. The first kappa shape index (κ1) is 28.5. The molecular weight excluding hydrogens is 516 g/mol. The Balaban J connectivity index is 1.29. The fraction of sp³-hybridized carbons (Fsp3) is 0.533. The smallest absolute Gasteiger partial charge is 0.311 e. The van der Waals surface area contributed by atoms with E-state index < -0.39 is 0 Å². The van der Waals surface area contributed by atoms with Gasteiger partial charge in [0, 0.05) is 28.6 Å². The van der Waals surface area contributed by atoms with E-state index in [2.05, 4.69) is 17.1 Å². The van der Waals surface area contributed by atoms with Crippen molar-refractivity contribution < 1.29 is 9.53 Å². The molecule has 4 rings (SSSR count). The largest absolute Gasteiger partial charge is 0.415 e. The van der Waals surface area contributed by atoms with Gasteiger partial charge in [-0.05, 0) is 19.4 Å². The molecule has 3 aromatic rings. The molecule has 0 fully saturated rings. The van der Waals surface area contributed by atoms with Gasteiger partial charge in [-0.25, -0.2) is 0 Å². The second-order valence-electron chi connectivity index (χ2n) is 10.0. The van der Waals surface area contributed by atoms with Crippen molar-refractivity contribution in [2.24, 2.45) is 4.99 Å². The fourth-order valence-electron chi connectivity index (χ4n) is 4.91. The molecule has 3 heterocycles. The van der Waals surface area contributed by atoms with Crippen LogP contribution in [0, 0.1) is 6.92 Å². The molecule has 0 saturated carbocycles. The van der Waals surface area contributed by atoms with Crippen LogP contribution in [0.2, 0.25) is 5.02 Å². The van der Waals surface area contributed by atoms with Crippen molar-refractivity contribution in [3.05, 3.63) is 58.1 Å². The monoisotopic (exact) mass is 554 g/mol. The molecule has 0 saturated heterocycles. The quantitative estimate of drug-likeness (QED) is 0.139. The van der Waals surface area contributed by atoms with Gasteiger partial charge in [0.1, 0.15) is 17.4 Å². The van der Waals surface area contributed by atoms with Crippen molar-refractivity contribution >= 4 is 34.6 Å². The van der Waals surface area contributed by atoms with Gasteiger partial charge in [-0.15, -0.1) is 10.2 Å². The van der Waals surface area contributed by atoms with Crippen LogP contribution < -0.4 is 4.74 Å². The number of halogens is 1. The van der Waals surface area contributed by atoms with Crippen molar-refractivity contribution in [1.29, 1.82) is 0 Å². The van der Waals surface area contributed by atoms with Gasteiger partial charge in [0.25, 0.3) is 0 Å². The van der Waals surface area contributed by atoms with Crippen LogP contribution in [0.3, 0.4) is 0 Å². The average Bonchev–Trinajstić information content (AvgIpc) is 3.44. The number of aryl methyl sites for hydroxylation is 1. The number of carbonyl (C=O) groups is 1. The number of aliphatic imine (C=N–C) groups is 1.